The van der Waals surface area contributed by atoms with Crippen molar-refractivity contribution in [2.75, 3.05) is 4.90 Å². The number of fused-ring (bicyclic) bond motifs is 1. The van der Waals surface area contributed by atoms with Crippen LogP contribution in [0.5, 0.6) is 0 Å². The van der Waals surface area contributed by atoms with Gasteiger partial charge in [-0.05, 0) is 42.3 Å². The molecule has 6 nitrogen and oxygen atoms in total. The van der Waals surface area contributed by atoms with E-state index < -0.39 is 23.5 Å². The maximum Gasteiger partial charge on any atom is 0.303 e. The summed E-state index contributed by atoms with van der Waals surface area (Å²) in [6.45, 7) is 1.26. The van der Waals surface area contributed by atoms with Crippen molar-refractivity contribution in [1.82, 2.24) is 9.97 Å². The number of amides is 1. The molecular weight excluding hydrogens is 468 g/mol. The van der Waals surface area contributed by atoms with Gasteiger partial charge in [0.2, 0.25) is 5.91 Å². The normalized spacial score (nSPS) is 11.7. The summed E-state index contributed by atoms with van der Waals surface area (Å²) >= 11 is 2.56. The Morgan fingerprint density at radius 3 is 2.61 bits per heavy atom. The van der Waals surface area contributed by atoms with E-state index in [-0.39, 0.29) is 23.7 Å². The first kappa shape index (κ1) is 22.7. The van der Waals surface area contributed by atoms with Gasteiger partial charge >= 0.3 is 5.97 Å². The molecule has 2 aromatic heterocycles. The molecule has 0 saturated heterocycles. The number of nitrogens with zero attached hydrogens (tertiary/aromatic N) is 3. The van der Waals surface area contributed by atoms with Gasteiger partial charge in [-0.2, -0.15) is 0 Å². The Balaban J connectivity index is 1.72. The lowest BCUT2D eigenvalue weighted by atomic mass is 10.1. The van der Waals surface area contributed by atoms with Gasteiger partial charge in [0.05, 0.1) is 21.6 Å². The largest absolute Gasteiger partial charge is 0.481 e. The van der Waals surface area contributed by atoms with Crippen molar-refractivity contribution >= 4 is 67.2 Å². The van der Waals surface area contributed by atoms with Gasteiger partial charge in [-0.15, -0.1) is 22.7 Å². The summed E-state index contributed by atoms with van der Waals surface area (Å²) in [6.07, 6.45) is 1.88. The molecule has 0 aliphatic heterocycles. The number of carbonyl (C=O) groups is 2. The minimum absolute atomic E-state index is 0.0842. The molecule has 1 amide bonds. The molecule has 0 spiro atoms. The quantitative estimate of drug-likeness (QED) is 0.341. The van der Waals surface area contributed by atoms with Crippen LogP contribution >= 0.6 is 22.7 Å². The van der Waals surface area contributed by atoms with Crippen LogP contribution in [-0.4, -0.2) is 27.0 Å². The number of thiazole rings is 2. The number of anilines is 2. The molecular formula is C23H17F2N3O3S2. The highest BCUT2D eigenvalue weighted by Gasteiger charge is 2.22. The average molecular weight is 486 g/mol. The number of carbonyl (C=O) groups excluding carboxylic acids is 1. The summed E-state index contributed by atoms with van der Waals surface area (Å²) < 4.78 is 28.6. The molecule has 4 aromatic rings. The van der Waals surface area contributed by atoms with Crippen molar-refractivity contribution in [3.63, 3.8) is 0 Å². The van der Waals surface area contributed by atoms with Crippen molar-refractivity contribution < 1.29 is 23.5 Å². The number of para-hydroxylation sites is 1. The van der Waals surface area contributed by atoms with E-state index in [9.17, 15) is 18.4 Å². The Kier molecular flexibility index (Phi) is 6.57. The Morgan fingerprint density at radius 2 is 1.91 bits per heavy atom. The summed E-state index contributed by atoms with van der Waals surface area (Å²) in [7, 11) is 0. The Bertz CT molecular complexity index is 1350. The molecule has 33 heavy (non-hydrogen) atoms. The van der Waals surface area contributed by atoms with Crippen molar-refractivity contribution in [3.8, 4) is 0 Å². The number of rotatable bonds is 7. The van der Waals surface area contributed by atoms with Gasteiger partial charge in [-0.3, -0.25) is 14.5 Å². The van der Waals surface area contributed by atoms with Gasteiger partial charge in [-0.1, -0.05) is 12.1 Å². The van der Waals surface area contributed by atoms with Crippen molar-refractivity contribution in [2.45, 2.75) is 19.8 Å². The van der Waals surface area contributed by atoms with Gasteiger partial charge in [0.1, 0.15) is 16.6 Å². The minimum Gasteiger partial charge on any atom is -0.481 e. The number of carboxylic acid groups (broad SMARTS) is 1. The molecule has 4 rings (SSSR count). The fourth-order valence-electron chi connectivity index (χ4n) is 3.19. The zero-order valence-corrected chi connectivity index (χ0v) is 18.9. The SMILES string of the molecule is CC(=O)N(c1nc(/C=C(\CCC(=O)O)c2nc3ccccc3s2)cs1)c1ccc(F)cc1F. The number of hydrogen-bond acceptors (Lipinski definition) is 6. The van der Waals surface area contributed by atoms with Gasteiger partial charge in [0, 0.05) is 24.8 Å². The Labute approximate surface area is 195 Å². The molecule has 0 unspecified atom stereocenters. The van der Waals surface area contributed by atoms with E-state index in [4.69, 9.17) is 5.11 Å². The number of halogens is 2. The molecule has 0 radical (unpaired) electrons. The van der Waals surface area contributed by atoms with Crippen LogP contribution in [0.1, 0.15) is 30.5 Å². The third-order valence-electron chi connectivity index (χ3n) is 4.67. The van der Waals surface area contributed by atoms with Gasteiger partial charge in [0.15, 0.2) is 5.13 Å². The lowest BCUT2D eigenvalue weighted by Gasteiger charge is -2.18. The van der Waals surface area contributed by atoms with E-state index >= 15 is 0 Å². The molecule has 0 aliphatic carbocycles. The minimum atomic E-state index is -0.935. The van der Waals surface area contributed by atoms with Crippen LogP contribution in [0.25, 0.3) is 21.9 Å². The van der Waals surface area contributed by atoms with Crippen LogP contribution in [0.15, 0.2) is 47.8 Å². The first-order chi connectivity index (χ1) is 15.8. The summed E-state index contributed by atoms with van der Waals surface area (Å²) in [5.41, 5.74) is 1.87. The van der Waals surface area contributed by atoms with E-state index in [1.165, 1.54) is 24.3 Å². The highest BCUT2D eigenvalue weighted by Crippen LogP contribution is 2.34. The molecule has 1 N–H and O–H groups in total. The second-order valence-electron chi connectivity index (χ2n) is 7.06. The average Bonchev–Trinajstić information content (AvgIpc) is 3.39. The van der Waals surface area contributed by atoms with E-state index in [1.54, 1.807) is 11.5 Å². The second-order valence-corrected chi connectivity index (χ2v) is 8.92. The number of allylic oxidation sites excluding steroid dienone is 1. The molecule has 0 bridgehead atoms. The van der Waals surface area contributed by atoms with Gasteiger partial charge < -0.3 is 5.11 Å². The summed E-state index contributed by atoms with van der Waals surface area (Å²) in [4.78, 5) is 33.5. The highest BCUT2D eigenvalue weighted by molar-refractivity contribution is 7.19. The predicted octanol–water partition coefficient (Wildman–Crippen LogP) is 6.12. The van der Waals surface area contributed by atoms with Crippen LogP contribution in [0, 0.1) is 11.6 Å². The van der Waals surface area contributed by atoms with Gasteiger partial charge in [0.25, 0.3) is 0 Å². The standard InChI is InChI=1S/C23H17F2N3O3S2/c1-13(29)28(19-8-7-15(24)11-17(19)25)23-26-16(12-32-23)10-14(6-9-21(30)31)22-27-18-4-2-3-5-20(18)33-22/h2-5,7-8,10-12H,6,9H2,1H3,(H,30,31)/b14-10+. The maximum absolute atomic E-state index is 14.3. The summed E-state index contributed by atoms with van der Waals surface area (Å²) in [6, 6.07) is 10.6. The fraction of sp³-hybridized carbons (Fsp3) is 0.130. The molecule has 168 valence electrons. The smallest absolute Gasteiger partial charge is 0.303 e. The highest BCUT2D eigenvalue weighted by atomic mass is 32.1. The number of aliphatic carboxylic acids is 1. The predicted molar refractivity (Wildman–Crippen MR) is 126 cm³/mol. The molecule has 2 aromatic carbocycles. The molecule has 0 atom stereocenters. The van der Waals surface area contributed by atoms with Crippen LogP contribution in [0.2, 0.25) is 0 Å². The Morgan fingerprint density at radius 1 is 1.12 bits per heavy atom. The maximum atomic E-state index is 14.3. The third-order valence-corrected chi connectivity index (χ3v) is 6.62. The van der Waals surface area contributed by atoms with Crippen molar-refractivity contribution in [1.29, 1.82) is 0 Å². The first-order valence-electron chi connectivity index (χ1n) is 9.81. The molecule has 10 heteroatoms. The number of hydrogen-bond donors (Lipinski definition) is 1. The monoisotopic (exact) mass is 485 g/mol. The fourth-order valence-corrected chi connectivity index (χ4v) is 5.03. The second kappa shape index (κ2) is 9.55. The van der Waals surface area contributed by atoms with E-state index in [0.29, 0.717) is 22.3 Å². The lowest BCUT2D eigenvalue weighted by Crippen LogP contribution is -2.23. The molecule has 2 heterocycles. The topological polar surface area (TPSA) is 83.4 Å². The third kappa shape index (κ3) is 5.12. The summed E-state index contributed by atoms with van der Waals surface area (Å²) in [5.74, 6) is -3.05. The number of aromatic nitrogens is 2. The van der Waals surface area contributed by atoms with Gasteiger partial charge in [-0.25, -0.2) is 18.7 Å². The number of carboxylic acids is 1. The number of benzene rings is 2. The first-order valence-corrected chi connectivity index (χ1v) is 11.5. The van der Waals surface area contributed by atoms with Crippen molar-refractivity contribution in [2.24, 2.45) is 0 Å². The summed E-state index contributed by atoms with van der Waals surface area (Å²) in [5, 5.41) is 11.7. The zero-order chi connectivity index (χ0) is 23.5. The van der Waals surface area contributed by atoms with E-state index in [1.807, 2.05) is 24.3 Å². The van der Waals surface area contributed by atoms with E-state index in [2.05, 4.69) is 9.97 Å². The zero-order valence-electron chi connectivity index (χ0n) is 17.3. The van der Waals surface area contributed by atoms with Crippen LogP contribution in [-0.2, 0) is 9.59 Å². The molecule has 0 fully saturated rings. The van der Waals surface area contributed by atoms with Crippen molar-refractivity contribution in [3.05, 3.63) is 70.2 Å². The van der Waals surface area contributed by atoms with Crippen LogP contribution < -0.4 is 4.90 Å². The van der Waals surface area contributed by atoms with Crippen LogP contribution in [0.3, 0.4) is 0 Å². The molecule has 0 saturated carbocycles. The Hall–Kier alpha value is -3.50. The lowest BCUT2D eigenvalue weighted by molar-refractivity contribution is -0.136. The molecule has 0 aliphatic rings. The van der Waals surface area contributed by atoms with Crippen LogP contribution in [0.4, 0.5) is 19.6 Å². The van der Waals surface area contributed by atoms with E-state index in [0.717, 1.165) is 32.5 Å².